The molecule has 0 saturated heterocycles. The maximum atomic E-state index is 4.14. The Morgan fingerprint density at radius 3 is 3.25 bits per heavy atom. The van der Waals surface area contributed by atoms with Crippen LogP contribution in [-0.4, -0.2) is 11.1 Å². The molecule has 0 N–H and O–H groups in total. The quantitative estimate of drug-likeness (QED) is 0.574. The fourth-order valence-corrected chi connectivity index (χ4v) is 2.27. The first-order valence-electron chi connectivity index (χ1n) is 2.57. The van der Waals surface area contributed by atoms with Crippen LogP contribution < -0.4 is 4.75 Å². The van der Waals surface area contributed by atoms with Crippen LogP contribution in [0.2, 0.25) is 0 Å². The van der Waals surface area contributed by atoms with E-state index in [0.29, 0.717) is 0 Å². The van der Waals surface area contributed by atoms with Crippen molar-refractivity contribution in [2.24, 2.45) is 0 Å². The molecule has 1 nitrogen and oxygen atoms in total. The minimum atomic E-state index is 0.919. The minimum Gasteiger partial charge on any atom is -0.245 e. The highest BCUT2D eigenvalue weighted by molar-refractivity contribution is 7.55. The number of nitrogens with zero attached hydrogens (tertiary/aromatic N) is 1. The third-order valence-electron chi connectivity index (χ3n) is 0.760. The third-order valence-corrected chi connectivity index (χ3v) is 2.92. The van der Waals surface area contributed by atoms with Crippen LogP contribution in [0.5, 0.6) is 0 Å². The molecular weight excluding hydrogens is 137 g/mol. The molecule has 0 amide bonds. The molecule has 0 aliphatic rings. The Hall–Kier alpha value is 0.0600. The van der Waals surface area contributed by atoms with Crippen molar-refractivity contribution in [3.63, 3.8) is 0 Å². The SMILES string of the molecule is CCPc1nccs1. The predicted molar refractivity (Wildman–Crippen MR) is 40.6 cm³/mol. The van der Waals surface area contributed by atoms with E-state index < -0.39 is 0 Å². The lowest BCUT2D eigenvalue weighted by molar-refractivity contribution is 1.46. The number of hydrogen-bond donors (Lipinski definition) is 0. The van der Waals surface area contributed by atoms with Gasteiger partial charge in [-0.25, -0.2) is 4.98 Å². The molecule has 0 saturated carbocycles. The molecule has 0 spiro atoms. The molecule has 0 bridgehead atoms. The van der Waals surface area contributed by atoms with Gasteiger partial charge in [-0.05, 0) is 6.16 Å². The monoisotopic (exact) mass is 145 g/mol. The summed E-state index contributed by atoms with van der Waals surface area (Å²) in [6, 6.07) is 0. The first-order valence-corrected chi connectivity index (χ1v) is 4.65. The smallest absolute Gasteiger partial charge is 0.112 e. The van der Waals surface area contributed by atoms with Gasteiger partial charge in [-0.15, -0.1) is 11.3 Å². The Morgan fingerprint density at radius 2 is 2.75 bits per heavy atom. The molecule has 0 aliphatic carbocycles. The number of rotatable bonds is 2. The van der Waals surface area contributed by atoms with E-state index in [2.05, 4.69) is 11.9 Å². The predicted octanol–water partition coefficient (Wildman–Crippen LogP) is 1.47. The number of hydrogen-bond acceptors (Lipinski definition) is 2. The van der Waals surface area contributed by atoms with E-state index in [1.807, 2.05) is 11.6 Å². The van der Waals surface area contributed by atoms with Gasteiger partial charge in [0.1, 0.15) is 4.75 Å². The van der Waals surface area contributed by atoms with Crippen molar-refractivity contribution in [3.05, 3.63) is 11.6 Å². The summed E-state index contributed by atoms with van der Waals surface area (Å²) in [5.41, 5.74) is 0. The molecule has 0 fully saturated rings. The lowest BCUT2D eigenvalue weighted by Crippen LogP contribution is -1.88. The van der Waals surface area contributed by atoms with Gasteiger partial charge in [-0.2, -0.15) is 0 Å². The molecule has 0 aromatic carbocycles. The summed E-state index contributed by atoms with van der Waals surface area (Å²) in [5.74, 6) is 0. The molecule has 0 aliphatic heterocycles. The topological polar surface area (TPSA) is 12.9 Å². The van der Waals surface area contributed by atoms with E-state index in [1.54, 1.807) is 11.3 Å². The van der Waals surface area contributed by atoms with E-state index in [0.717, 1.165) is 8.58 Å². The maximum absolute atomic E-state index is 4.14. The molecule has 1 rings (SSSR count). The average molecular weight is 145 g/mol. The third kappa shape index (κ3) is 1.53. The molecule has 1 aromatic heterocycles. The largest absolute Gasteiger partial charge is 0.245 e. The summed E-state index contributed by atoms with van der Waals surface area (Å²) >= 11 is 1.75. The average Bonchev–Trinajstić information content (AvgIpc) is 2.19. The van der Waals surface area contributed by atoms with Gasteiger partial charge < -0.3 is 0 Å². The number of aromatic nitrogens is 1. The zero-order valence-corrected chi connectivity index (χ0v) is 6.53. The Kier molecular flexibility index (Phi) is 2.44. The molecule has 0 radical (unpaired) electrons. The van der Waals surface area contributed by atoms with E-state index in [9.17, 15) is 0 Å². The molecule has 44 valence electrons. The zero-order chi connectivity index (χ0) is 5.82. The lowest BCUT2D eigenvalue weighted by atomic mass is 11.0. The van der Waals surface area contributed by atoms with Gasteiger partial charge in [-0.3, -0.25) is 0 Å². The zero-order valence-electron chi connectivity index (χ0n) is 4.72. The van der Waals surface area contributed by atoms with Gasteiger partial charge in [0.15, 0.2) is 0 Å². The maximum Gasteiger partial charge on any atom is 0.112 e. The van der Waals surface area contributed by atoms with E-state index in [4.69, 9.17) is 0 Å². The summed E-state index contributed by atoms with van der Waals surface area (Å²) < 4.78 is 1.28. The summed E-state index contributed by atoms with van der Waals surface area (Å²) in [7, 11) is 0.919. The molecular formula is C5H8NPS. The molecule has 8 heavy (non-hydrogen) atoms. The normalized spacial score (nSPS) is 11.1. The van der Waals surface area contributed by atoms with E-state index in [-0.39, 0.29) is 0 Å². The van der Waals surface area contributed by atoms with Crippen molar-refractivity contribution in [3.8, 4) is 0 Å². The molecule has 1 aromatic rings. The van der Waals surface area contributed by atoms with Crippen LogP contribution in [-0.2, 0) is 0 Å². The Morgan fingerprint density at radius 1 is 1.88 bits per heavy atom. The van der Waals surface area contributed by atoms with Gasteiger partial charge in [0.05, 0.1) is 0 Å². The summed E-state index contributed by atoms with van der Waals surface area (Å²) in [4.78, 5) is 4.14. The fraction of sp³-hybridized carbons (Fsp3) is 0.400. The highest BCUT2D eigenvalue weighted by atomic mass is 32.1. The van der Waals surface area contributed by atoms with E-state index in [1.165, 1.54) is 10.9 Å². The summed E-state index contributed by atoms with van der Waals surface area (Å²) in [5, 5.41) is 2.03. The summed E-state index contributed by atoms with van der Waals surface area (Å²) in [6.45, 7) is 2.18. The first kappa shape index (κ1) is 6.18. The van der Waals surface area contributed by atoms with Crippen LogP contribution in [0.3, 0.4) is 0 Å². The summed E-state index contributed by atoms with van der Waals surface area (Å²) in [6.07, 6.45) is 3.09. The van der Waals surface area contributed by atoms with Gasteiger partial charge in [0, 0.05) is 11.6 Å². The second-order valence-corrected chi connectivity index (χ2v) is 4.16. The van der Waals surface area contributed by atoms with Crippen molar-refractivity contribution < 1.29 is 0 Å². The van der Waals surface area contributed by atoms with Crippen molar-refractivity contribution in [1.29, 1.82) is 0 Å². The van der Waals surface area contributed by atoms with Gasteiger partial charge in [-0.1, -0.05) is 15.5 Å². The van der Waals surface area contributed by atoms with E-state index >= 15 is 0 Å². The second-order valence-electron chi connectivity index (χ2n) is 1.37. The second kappa shape index (κ2) is 3.16. The van der Waals surface area contributed by atoms with Gasteiger partial charge >= 0.3 is 0 Å². The van der Waals surface area contributed by atoms with Crippen LogP contribution in [0, 0.1) is 0 Å². The van der Waals surface area contributed by atoms with Crippen molar-refractivity contribution in [2.75, 3.05) is 6.16 Å². The highest BCUT2D eigenvalue weighted by Crippen LogP contribution is 2.09. The lowest BCUT2D eigenvalue weighted by Gasteiger charge is -1.84. The Balaban J connectivity index is 2.50. The molecule has 1 unspecified atom stereocenters. The Bertz CT molecular complexity index is 138. The molecule has 1 atom stereocenters. The van der Waals surface area contributed by atoms with Crippen LogP contribution in [0.1, 0.15) is 6.92 Å². The fourth-order valence-electron chi connectivity index (χ4n) is 0.462. The van der Waals surface area contributed by atoms with Crippen molar-refractivity contribution in [2.45, 2.75) is 6.92 Å². The number of thiazole rings is 1. The van der Waals surface area contributed by atoms with Crippen LogP contribution in [0.25, 0.3) is 0 Å². The van der Waals surface area contributed by atoms with Gasteiger partial charge in [0.2, 0.25) is 0 Å². The standard InChI is InChI=1S/C5H8NPS/c1-2-7-5-6-3-4-8-5/h3-4,7H,2H2,1H3. The first-order chi connectivity index (χ1) is 3.93. The molecule has 1 heterocycles. The van der Waals surface area contributed by atoms with Crippen LogP contribution >= 0.6 is 19.9 Å². The molecule has 3 heteroatoms. The minimum absolute atomic E-state index is 0.919. The van der Waals surface area contributed by atoms with Crippen LogP contribution in [0.4, 0.5) is 0 Å². The highest BCUT2D eigenvalue weighted by Gasteiger charge is 1.88. The Labute approximate surface area is 54.9 Å². The van der Waals surface area contributed by atoms with Gasteiger partial charge in [0.25, 0.3) is 0 Å². The van der Waals surface area contributed by atoms with Crippen LogP contribution in [0.15, 0.2) is 11.6 Å². The van der Waals surface area contributed by atoms with Crippen molar-refractivity contribution in [1.82, 2.24) is 4.98 Å². The van der Waals surface area contributed by atoms with Crippen molar-refractivity contribution >= 4 is 24.7 Å².